The molecule has 96 valence electrons. The Balaban J connectivity index is 2.55. The van der Waals surface area contributed by atoms with Crippen molar-refractivity contribution in [3.05, 3.63) is 34.3 Å². The van der Waals surface area contributed by atoms with Gasteiger partial charge in [0.15, 0.2) is 0 Å². The first-order chi connectivity index (χ1) is 7.94. The van der Waals surface area contributed by atoms with E-state index in [1.807, 2.05) is 6.07 Å². The van der Waals surface area contributed by atoms with Crippen molar-refractivity contribution in [2.24, 2.45) is 5.73 Å². The van der Waals surface area contributed by atoms with Crippen molar-refractivity contribution in [2.75, 3.05) is 13.6 Å². The Labute approximate surface area is 113 Å². The summed E-state index contributed by atoms with van der Waals surface area (Å²) in [4.78, 5) is 2.29. The number of nitrogens with two attached hydrogens (primary N) is 1. The van der Waals surface area contributed by atoms with Crippen LogP contribution in [0, 0.1) is 0 Å². The number of rotatable bonds is 6. The van der Waals surface area contributed by atoms with Gasteiger partial charge in [-0.2, -0.15) is 0 Å². The monoisotopic (exact) mass is 298 g/mol. The maximum Gasteiger partial charge on any atom is 0.0254 e. The average molecular weight is 299 g/mol. The lowest BCUT2D eigenvalue weighted by atomic mass is 9.97. The molecule has 0 heterocycles. The zero-order valence-electron chi connectivity index (χ0n) is 11.0. The number of benzene rings is 1. The molecule has 1 aromatic rings. The van der Waals surface area contributed by atoms with E-state index in [0.717, 1.165) is 25.9 Å². The molecule has 0 amide bonds. The summed E-state index contributed by atoms with van der Waals surface area (Å²) in [5.74, 6) is 0. The molecule has 1 atom stereocenters. The highest BCUT2D eigenvalue weighted by molar-refractivity contribution is 9.10. The lowest BCUT2D eigenvalue weighted by molar-refractivity contribution is 0.240. The first-order valence-corrected chi connectivity index (χ1v) is 6.95. The van der Waals surface area contributed by atoms with Crippen LogP contribution in [0.4, 0.5) is 0 Å². The van der Waals surface area contributed by atoms with Crippen molar-refractivity contribution in [2.45, 2.75) is 38.8 Å². The van der Waals surface area contributed by atoms with E-state index >= 15 is 0 Å². The van der Waals surface area contributed by atoms with E-state index in [-0.39, 0.29) is 5.54 Å². The Morgan fingerprint density at radius 2 is 2.00 bits per heavy atom. The van der Waals surface area contributed by atoms with Crippen LogP contribution in [0.15, 0.2) is 28.7 Å². The molecule has 0 saturated heterocycles. The molecule has 3 heteroatoms. The molecule has 0 radical (unpaired) electrons. The van der Waals surface area contributed by atoms with Gasteiger partial charge in [0.2, 0.25) is 0 Å². The molecule has 1 rings (SSSR count). The number of hydrogen-bond donors (Lipinski definition) is 1. The third kappa shape index (κ3) is 5.19. The van der Waals surface area contributed by atoms with Crippen molar-refractivity contribution in [1.82, 2.24) is 4.90 Å². The maximum absolute atomic E-state index is 6.27. The molecular formula is C14H23BrN2. The molecule has 1 unspecified atom stereocenters. The van der Waals surface area contributed by atoms with Gasteiger partial charge in [-0.05, 0) is 32.0 Å². The van der Waals surface area contributed by atoms with Crippen molar-refractivity contribution in [3.8, 4) is 0 Å². The second-order valence-electron chi connectivity index (χ2n) is 5.17. The fourth-order valence-corrected chi connectivity index (χ4v) is 2.65. The van der Waals surface area contributed by atoms with E-state index in [9.17, 15) is 0 Å². The highest BCUT2D eigenvalue weighted by Gasteiger charge is 2.19. The van der Waals surface area contributed by atoms with Crippen LogP contribution in [0.1, 0.15) is 32.3 Å². The topological polar surface area (TPSA) is 29.3 Å². The fraction of sp³-hybridized carbons (Fsp3) is 0.571. The van der Waals surface area contributed by atoms with E-state index in [1.165, 1.54) is 10.0 Å². The highest BCUT2D eigenvalue weighted by atomic mass is 79.9. The number of nitrogens with zero attached hydrogens (tertiary/aromatic N) is 1. The standard InChI is InChI=1S/C14H23BrN2/c1-4-9-14(2,16)11-17(3)10-12-7-5-6-8-13(12)15/h5-8H,4,9-11,16H2,1-3H3. The molecule has 0 aliphatic heterocycles. The van der Waals surface area contributed by atoms with Gasteiger partial charge in [0.1, 0.15) is 0 Å². The Morgan fingerprint density at radius 1 is 1.35 bits per heavy atom. The van der Waals surface area contributed by atoms with Gasteiger partial charge in [-0.15, -0.1) is 0 Å². The normalized spacial score (nSPS) is 14.9. The molecular weight excluding hydrogens is 276 g/mol. The van der Waals surface area contributed by atoms with Gasteiger partial charge in [0, 0.05) is 23.1 Å². The zero-order valence-corrected chi connectivity index (χ0v) is 12.6. The Bertz CT molecular complexity index is 350. The summed E-state index contributed by atoms with van der Waals surface area (Å²) in [6, 6.07) is 8.34. The SMILES string of the molecule is CCCC(C)(N)CN(C)Cc1ccccc1Br. The molecule has 2 N–H and O–H groups in total. The summed E-state index contributed by atoms with van der Waals surface area (Å²) in [5.41, 5.74) is 7.48. The third-order valence-corrected chi connectivity index (χ3v) is 3.62. The number of likely N-dealkylation sites (N-methyl/N-ethyl adjacent to an activating group) is 1. The largest absolute Gasteiger partial charge is 0.324 e. The number of hydrogen-bond acceptors (Lipinski definition) is 2. The molecule has 17 heavy (non-hydrogen) atoms. The van der Waals surface area contributed by atoms with Gasteiger partial charge in [-0.3, -0.25) is 0 Å². The molecule has 0 aliphatic carbocycles. The third-order valence-electron chi connectivity index (χ3n) is 2.85. The Kier molecular flexibility index (Phi) is 5.63. The van der Waals surface area contributed by atoms with Crippen molar-refractivity contribution < 1.29 is 0 Å². The molecule has 0 spiro atoms. The van der Waals surface area contributed by atoms with Crippen molar-refractivity contribution in [1.29, 1.82) is 0 Å². The second-order valence-corrected chi connectivity index (χ2v) is 6.02. The van der Waals surface area contributed by atoms with Gasteiger partial charge in [-0.1, -0.05) is 47.5 Å². The summed E-state index contributed by atoms with van der Waals surface area (Å²) in [7, 11) is 2.13. The van der Waals surface area contributed by atoms with Crippen LogP contribution in [0.3, 0.4) is 0 Å². The summed E-state index contributed by atoms with van der Waals surface area (Å²) in [6.45, 7) is 6.16. The summed E-state index contributed by atoms with van der Waals surface area (Å²) in [6.07, 6.45) is 2.20. The van der Waals surface area contributed by atoms with Crippen LogP contribution in [0.2, 0.25) is 0 Å². The first-order valence-electron chi connectivity index (χ1n) is 6.15. The highest BCUT2D eigenvalue weighted by Crippen LogP contribution is 2.18. The molecule has 0 bridgehead atoms. The van der Waals surface area contributed by atoms with E-state index in [4.69, 9.17) is 5.73 Å². The quantitative estimate of drug-likeness (QED) is 0.872. The van der Waals surface area contributed by atoms with Crippen LogP contribution in [-0.2, 0) is 6.54 Å². The van der Waals surface area contributed by atoms with Gasteiger partial charge < -0.3 is 10.6 Å². The minimum atomic E-state index is -0.0925. The predicted octanol–water partition coefficient (Wildman–Crippen LogP) is 3.40. The van der Waals surface area contributed by atoms with Crippen LogP contribution in [0.5, 0.6) is 0 Å². The van der Waals surface area contributed by atoms with E-state index in [2.05, 4.69) is 59.9 Å². The van der Waals surface area contributed by atoms with Crippen LogP contribution >= 0.6 is 15.9 Å². The molecule has 0 saturated carbocycles. The molecule has 0 aliphatic rings. The maximum atomic E-state index is 6.27. The summed E-state index contributed by atoms with van der Waals surface area (Å²) >= 11 is 3.58. The minimum Gasteiger partial charge on any atom is -0.324 e. The Hall–Kier alpha value is -0.380. The molecule has 0 fully saturated rings. The molecule has 0 aromatic heterocycles. The van der Waals surface area contributed by atoms with Crippen LogP contribution in [-0.4, -0.2) is 24.0 Å². The first kappa shape index (κ1) is 14.7. The van der Waals surface area contributed by atoms with Gasteiger partial charge in [0.05, 0.1) is 0 Å². The number of halogens is 1. The van der Waals surface area contributed by atoms with E-state index in [0.29, 0.717) is 0 Å². The van der Waals surface area contributed by atoms with Crippen LogP contribution < -0.4 is 5.73 Å². The van der Waals surface area contributed by atoms with Crippen molar-refractivity contribution in [3.63, 3.8) is 0 Å². The van der Waals surface area contributed by atoms with Crippen LogP contribution in [0.25, 0.3) is 0 Å². The Morgan fingerprint density at radius 3 is 2.59 bits per heavy atom. The zero-order chi connectivity index (χ0) is 12.9. The van der Waals surface area contributed by atoms with E-state index < -0.39 is 0 Å². The average Bonchev–Trinajstić information content (AvgIpc) is 2.20. The lowest BCUT2D eigenvalue weighted by Gasteiger charge is -2.30. The lowest BCUT2D eigenvalue weighted by Crippen LogP contribution is -2.46. The molecule has 1 aromatic carbocycles. The molecule has 2 nitrogen and oxygen atoms in total. The second kappa shape index (κ2) is 6.53. The fourth-order valence-electron chi connectivity index (χ4n) is 2.24. The predicted molar refractivity (Wildman–Crippen MR) is 78.0 cm³/mol. The summed E-state index contributed by atoms with van der Waals surface area (Å²) < 4.78 is 1.17. The van der Waals surface area contributed by atoms with E-state index in [1.54, 1.807) is 0 Å². The van der Waals surface area contributed by atoms with Gasteiger partial charge in [-0.25, -0.2) is 0 Å². The smallest absolute Gasteiger partial charge is 0.0254 e. The van der Waals surface area contributed by atoms with Crippen molar-refractivity contribution >= 4 is 15.9 Å². The van der Waals surface area contributed by atoms with Gasteiger partial charge in [0.25, 0.3) is 0 Å². The van der Waals surface area contributed by atoms with Gasteiger partial charge >= 0.3 is 0 Å². The summed E-state index contributed by atoms with van der Waals surface area (Å²) in [5, 5.41) is 0. The minimum absolute atomic E-state index is 0.0925.